The van der Waals surface area contributed by atoms with E-state index in [4.69, 9.17) is 0 Å². The summed E-state index contributed by atoms with van der Waals surface area (Å²) in [7, 11) is 0. The molecule has 0 unspecified atom stereocenters. The normalized spacial score (nSPS) is 11.1. The summed E-state index contributed by atoms with van der Waals surface area (Å²) < 4.78 is 2.70. The molecule has 0 saturated heterocycles. The summed E-state index contributed by atoms with van der Waals surface area (Å²) in [6.07, 6.45) is 0.885. The summed E-state index contributed by atoms with van der Waals surface area (Å²) in [6, 6.07) is 12.9. The fraction of sp³-hybridized carbons (Fsp3) is 0.235. The van der Waals surface area contributed by atoms with Crippen LogP contribution in [0.4, 0.5) is 0 Å². The molecule has 3 aromatic rings. The maximum atomic E-state index is 10.9. The highest BCUT2D eigenvalue weighted by molar-refractivity contribution is 7.26. The van der Waals surface area contributed by atoms with Crippen molar-refractivity contribution < 1.29 is 4.79 Å². The number of nitrogens with one attached hydrogen (secondary N) is 1. The lowest BCUT2D eigenvalue weighted by Gasteiger charge is -2.07. The summed E-state index contributed by atoms with van der Waals surface area (Å²) in [5.41, 5.74) is 2.66. The van der Waals surface area contributed by atoms with Gasteiger partial charge in [0, 0.05) is 33.6 Å². The minimum atomic E-state index is 0.0330. The second-order valence-electron chi connectivity index (χ2n) is 5.06. The Hall–Kier alpha value is -1.87. The maximum absolute atomic E-state index is 10.9. The van der Waals surface area contributed by atoms with Crippen molar-refractivity contribution in [3.05, 3.63) is 47.5 Å². The average Bonchev–Trinajstić information content (AvgIpc) is 2.81. The molecule has 0 spiro atoms. The molecule has 20 heavy (non-hydrogen) atoms. The average molecular weight is 283 g/mol. The largest absolute Gasteiger partial charge is 0.356 e. The monoisotopic (exact) mass is 283 g/mol. The summed E-state index contributed by atoms with van der Waals surface area (Å²) in [5, 5.41) is 5.54. The highest BCUT2D eigenvalue weighted by Crippen LogP contribution is 2.36. The lowest BCUT2D eigenvalue weighted by molar-refractivity contribution is -0.118. The Morgan fingerprint density at radius 1 is 1.15 bits per heavy atom. The van der Waals surface area contributed by atoms with Gasteiger partial charge in [-0.1, -0.05) is 30.3 Å². The standard InChI is InChI=1S/C17H17NOS/c1-11-13(9-10-18-12(2)19)7-8-15-14-5-3-4-6-16(14)20-17(11)15/h3-8H,9-10H2,1-2H3,(H,18,19). The van der Waals surface area contributed by atoms with Crippen molar-refractivity contribution in [3.63, 3.8) is 0 Å². The van der Waals surface area contributed by atoms with Gasteiger partial charge in [-0.25, -0.2) is 0 Å². The molecular formula is C17H17NOS. The van der Waals surface area contributed by atoms with E-state index in [1.54, 1.807) is 6.92 Å². The van der Waals surface area contributed by atoms with Crippen molar-refractivity contribution in [3.8, 4) is 0 Å². The Bertz CT molecular complexity index is 788. The van der Waals surface area contributed by atoms with E-state index in [1.165, 1.54) is 31.3 Å². The number of rotatable bonds is 3. The SMILES string of the molecule is CC(=O)NCCc1ccc2c(sc3ccccc32)c1C. The highest BCUT2D eigenvalue weighted by atomic mass is 32.1. The first-order chi connectivity index (χ1) is 9.66. The smallest absolute Gasteiger partial charge is 0.216 e. The number of aryl methyl sites for hydroxylation is 1. The van der Waals surface area contributed by atoms with E-state index in [0.717, 1.165) is 6.42 Å². The van der Waals surface area contributed by atoms with Gasteiger partial charge < -0.3 is 5.32 Å². The number of fused-ring (bicyclic) bond motifs is 3. The van der Waals surface area contributed by atoms with Gasteiger partial charge in [-0.3, -0.25) is 4.79 Å². The number of carbonyl (C=O) groups is 1. The molecule has 0 aliphatic rings. The van der Waals surface area contributed by atoms with Gasteiger partial charge in [-0.05, 0) is 30.5 Å². The molecule has 102 valence electrons. The predicted molar refractivity (Wildman–Crippen MR) is 86.5 cm³/mol. The Morgan fingerprint density at radius 3 is 2.75 bits per heavy atom. The predicted octanol–water partition coefficient (Wildman–Crippen LogP) is 4.04. The summed E-state index contributed by atoms with van der Waals surface area (Å²) in [6.45, 7) is 4.44. The van der Waals surface area contributed by atoms with Crippen LogP contribution in [0, 0.1) is 6.92 Å². The van der Waals surface area contributed by atoms with Crippen LogP contribution in [-0.4, -0.2) is 12.5 Å². The molecule has 0 saturated carbocycles. The molecule has 2 aromatic carbocycles. The van der Waals surface area contributed by atoms with Crippen molar-refractivity contribution in [1.29, 1.82) is 0 Å². The van der Waals surface area contributed by atoms with E-state index in [2.05, 4.69) is 48.6 Å². The zero-order chi connectivity index (χ0) is 14.1. The molecule has 0 radical (unpaired) electrons. The summed E-state index contributed by atoms with van der Waals surface area (Å²) in [4.78, 5) is 10.9. The van der Waals surface area contributed by atoms with E-state index in [0.29, 0.717) is 6.54 Å². The molecule has 1 amide bonds. The van der Waals surface area contributed by atoms with Crippen molar-refractivity contribution in [2.75, 3.05) is 6.54 Å². The molecule has 2 nitrogen and oxygen atoms in total. The van der Waals surface area contributed by atoms with Crippen molar-refractivity contribution in [2.24, 2.45) is 0 Å². The van der Waals surface area contributed by atoms with Gasteiger partial charge in [0.25, 0.3) is 0 Å². The van der Waals surface area contributed by atoms with E-state index in [1.807, 2.05) is 11.3 Å². The molecule has 0 fully saturated rings. The van der Waals surface area contributed by atoms with Gasteiger partial charge in [0.15, 0.2) is 0 Å². The van der Waals surface area contributed by atoms with Gasteiger partial charge in [-0.2, -0.15) is 0 Å². The van der Waals surface area contributed by atoms with E-state index < -0.39 is 0 Å². The zero-order valence-electron chi connectivity index (χ0n) is 11.7. The third kappa shape index (κ3) is 2.29. The summed E-state index contributed by atoms with van der Waals surface area (Å²) >= 11 is 1.85. The van der Waals surface area contributed by atoms with Crippen LogP contribution in [-0.2, 0) is 11.2 Å². The van der Waals surface area contributed by atoms with Gasteiger partial charge in [0.05, 0.1) is 0 Å². The third-order valence-corrected chi connectivity index (χ3v) is 4.98. The topological polar surface area (TPSA) is 29.1 Å². The van der Waals surface area contributed by atoms with E-state index in [-0.39, 0.29) is 5.91 Å². The van der Waals surface area contributed by atoms with Gasteiger partial charge in [0.2, 0.25) is 5.91 Å². The number of benzene rings is 2. The van der Waals surface area contributed by atoms with Crippen LogP contribution < -0.4 is 5.32 Å². The van der Waals surface area contributed by atoms with Crippen molar-refractivity contribution in [2.45, 2.75) is 20.3 Å². The first kappa shape index (κ1) is 13.1. The third-order valence-electron chi connectivity index (χ3n) is 3.68. The second-order valence-corrected chi connectivity index (χ2v) is 6.11. The van der Waals surface area contributed by atoms with Crippen LogP contribution in [0.15, 0.2) is 36.4 Å². The van der Waals surface area contributed by atoms with Crippen LogP contribution >= 0.6 is 11.3 Å². The maximum Gasteiger partial charge on any atom is 0.216 e. The highest BCUT2D eigenvalue weighted by Gasteiger charge is 2.09. The van der Waals surface area contributed by atoms with E-state index in [9.17, 15) is 4.79 Å². The van der Waals surface area contributed by atoms with Crippen LogP contribution in [0.1, 0.15) is 18.1 Å². The Labute approximate surface area is 122 Å². The van der Waals surface area contributed by atoms with Crippen LogP contribution in [0.2, 0.25) is 0 Å². The lowest BCUT2D eigenvalue weighted by atomic mass is 10.0. The minimum Gasteiger partial charge on any atom is -0.356 e. The molecule has 0 atom stereocenters. The first-order valence-corrected chi connectivity index (χ1v) is 7.62. The van der Waals surface area contributed by atoms with Gasteiger partial charge in [0.1, 0.15) is 0 Å². The van der Waals surface area contributed by atoms with E-state index >= 15 is 0 Å². The van der Waals surface area contributed by atoms with Crippen LogP contribution in [0.5, 0.6) is 0 Å². The molecule has 1 N–H and O–H groups in total. The van der Waals surface area contributed by atoms with Gasteiger partial charge in [-0.15, -0.1) is 11.3 Å². The Morgan fingerprint density at radius 2 is 1.95 bits per heavy atom. The molecule has 0 aliphatic heterocycles. The van der Waals surface area contributed by atoms with Crippen LogP contribution in [0.25, 0.3) is 20.2 Å². The first-order valence-electron chi connectivity index (χ1n) is 6.81. The number of hydrogen-bond acceptors (Lipinski definition) is 2. The number of carbonyl (C=O) groups excluding carboxylic acids is 1. The molecular weight excluding hydrogens is 266 g/mol. The number of thiophene rings is 1. The molecule has 3 heteroatoms. The lowest BCUT2D eigenvalue weighted by Crippen LogP contribution is -2.22. The zero-order valence-corrected chi connectivity index (χ0v) is 12.5. The minimum absolute atomic E-state index is 0.0330. The number of hydrogen-bond donors (Lipinski definition) is 1. The number of amides is 1. The molecule has 1 heterocycles. The second kappa shape index (κ2) is 5.25. The molecule has 0 bridgehead atoms. The van der Waals surface area contributed by atoms with Crippen molar-refractivity contribution in [1.82, 2.24) is 5.32 Å². The molecule has 1 aromatic heterocycles. The fourth-order valence-electron chi connectivity index (χ4n) is 2.61. The van der Waals surface area contributed by atoms with Gasteiger partial charge >= 0.3 is 0 Å². The molecule has 0 aliphatic carbocycles. The fourth-order valence-corrected chi connectivity index (χ4v) is 3.83. The summed E-state index contributed by atoms with van der Waals surface area (Å²) in [5.74, 6) is 0.0330. The van der Waals surface area contributed by atoms with Crippen LogP contribution in [0.3, 0.4) is 0 Å². The quantitative estimate of drug-likeness (QED) is 0.772. The van der Waals surface area contributed by atoms with Crippen molar-refractivity contribution >= 4 is 37.4 Å². The Balaban J connectivity index is 2.02. The molecule has 3 rings (SSSR count). The Kier molecular flexibility index (Phi) is 3.45.